The van der Waals surface area contributed by atoms with Gasteiger partial charge in [-0.25, -0.2) is 0 Å². The average molecular weight is 1120 g/mol. The summed E-state index contributed by atoms with van der Waals surface area (Å²) in [5, 5.41) is 59.0. The zero-order valence-corrected chi connectivity index (χ0v) is 45.5. The largest absolute Gasteiger partial charge is 2.00 e. The van der Waals surface area contributed by atoms with Crippen LogP contribution in [-0.4, -0.2) is 94.8 Å². The van der Waals surface area contributed by atoms with E-state index in [0.717, 1.165) is 12.1 Å². The Morgan fingerprint density at radius 3 is 1.60 bits per heavy atom. The first-order chi connectivity index (χ1) is 35.3. The molecule has 18 nitrogen and oxygen atoms in total. The van der Waals surface area contributed by atoms with Crippen LogP contribution in [0.25, 0.3) is 21.5 Å². The van der Waals surface area contributed by atoms with Crippen LogP contribution in [0.15, 0.2) is 169 Å². The van der Waals surface area contributed by atoms with E-state index in [1.165, 1.54) is 38.5 Å². The van der Waals surface area contributed by atoms with Crippen molar-refractivity contribution in [1.82, 2.24) is 0 Å². The van der Waals surface area contributed by atoms with Crippen LogP contribution in [0.5, 0.6) is 23.0 Å². The predicted molar refractivity (Wildman–Crippen MR) is 285 cm³/mol. The SMILES string of the molecule is CCc1c(Cl)ccc(S(=O)(=O)O)c1N=Nc1c(O)c(C(=O)Nc2cccc(OC)c2)cc2ccccc12.CCc1c(Cl)ccc(S(=O)(=O)O)c1N=Nc1c([O-])c(C([O-])=Nc2cccc(OC)c2)cc2ccccc12.[Ca+2]. The molecule has 0 aliphatic carbocycles. The number of aromatic hydroxyl groups is 1. The molecule has 0 saturated carbocycles. The van der Waals surface area contributed by atoms with Gasteiger partial charge in [0.25, 0.3) is 26.1 Å². The van der Waals surface area contributed by atoms with E-state index in [2.05, 4.69) is 30.8 Å². The predicted octanol–water partition coefficient (Wildman–Crippen LogP) is 11.5. The molecular formula is C52H42CaCl2N6O12S2. The summed E-state index contributed by atoms with van der Waals surface area (Å²) in [6, 6.07) is 34.7. The summed E-state index contributed by atoms with van der Waals surface area (Å²) in [6.07, 6.45) is 0.575. The molecule has 0 aliphatic heterocycles. The number of rotatable bonds is 14. The van der Waals surface area contributed by atoms with E-state index in [0.29, 0.717) is 62.0 Å². The number of nitrogens with one attached hydrogen (secondary N) is 1. The van der Waals surface area contributed by atoms with Gasteiger partial charge in [-0.3, -0.25) is 18.9 Å². The summed E-state index contributed by atoms with van der Waals surface area (Å²) in [6.45, 7) is 3.46. The fourth-order valence-electron chi connectivity index (χ4n) is 7.60. The van der Waals surface area contributed by atoms with Crippen molar-refractivity contribution in [3.05, 3.63) is 166 Å². The first-order valence-corrected chi connectivity index (χ1v) is 25.7. The summed E-state index contributed by atoms with van der Waals surface area (Å²) < 4.78 is 77.7. The van der Waals surface area contributed by atoms with Crippen molar-refractivity contribution in [2.75, 3.05) is 19.5 Å². The minimum atomic E-state index is -4.67. The molecule has 8 rings (SSSR count). The van der Waals surface area contributed by atoms with Gasteiger partial charge in [0, 0.05) is 38.6 Å². The third-order valence-electron chi connectivity index (χ3n) is 11.2. The standard InChI is InChI=1S/2C26H22ClN3O6S.Ca/c2*1-3-18-21(27)11-12-22(37(33,34)35)23(18)29-30-24-19-10-5-4-7-15(19)13-20(25(24)31)26(32)28-16-8-6-9-17(14-16)36-2;/h2*4-14,31H,3H2,1-2H3,(H,28,32)(H,33,34,35);/q;;+2/p-2. The third-order valence-corrected chi connectivity index (χ3v) is 13.7. The maximum Gasteiger partial charge on any atom is 2.00 e. The number of phenols is 1. The fraction of sp³-hybridized carbons (Fsp3) is 0.115. The quantitative estimate of drug-likeness (QED) is 0.0260. The van der Waals surface area contributed by atoms with Crippen molar-refractivity contribution in [2.24, 2.45) is 25.4 Å². The van der Waals surface area contributed by atoms with Gasteiger partial charge in [-0.15, -0.1) is 15.3 Å². The number of azo groups is 2. The van der Waals surface area contributed by atoms with Crippen LogP contribution >= 0.6 is 23.2 Å². The number of phenolic OH excluding ortho intramolecular Hbond substituents is 1. The molecule has 0 saturated heterocycles. The second-order valence-corrected chi connectivity index (χ2v) is 19.4. The topological polar surface area (TPSA) is 284 Å². The van der Waals surface area contributed by atoms with Crippen LogP contribution in [0.1, 0.15) is 40.9 Å². The Kier molecular flexibility index (Phi) is 19.0. The number of amides is 1. The molecule has 0 heterocycles. The normalized spacial score (nSPS) is 11.9. The number of hydrogen-bond donors (Lipinski definition) is 4. The minimum absolute atomic E-state index is 0. The summed E-state index contributed by atoms with van der Waals surface area (Å²) in [4.78, 5) is 16.2. The zero-order chi connectivity index (χ0) is 53.5. The van der Waals surface area contributed by atoms with Gasteiger partial charge in [0.2, 0.25) is 0 Å². The molecule has 0 bridgehead atoms. The number of aliphatic imine (C=N–C) groups is 1. The van der Waals surface area contributed by atoms with Gasteiger partial charge in [0.1, 0.15) is 38.4 Å². The number of fused-ring (bicyclic) bond motifs is 2. The van der Waals surface area contributed by atoms with E-state index < -0.39 is 53.3 Å². The van der Waals surface area contributed by atoms with Gasteiger partial charge in [-0.2, -0.15) is 21.9 Å². The molecule has 1 amide bonds. The molecule has 0 spiro atoms. The van der Waals surface area contributed by atoms with Crippen molar-refractivity contribution in [3.8, 4) is 23.0 Å². The zero-order valence-electron chi connectivity index (χ0n) is 40.1. The van der Waals surface area contributed by atoms with Gasteiger partial charge in [-0.05, 0) is 107 Å². The molecule has 8 aromatic carbocycles. The minimum Gasteiger partial charge on any atom is -0.871 e. The van der Waals surface area contributed by atoms with Gasteiger partial charge < -0.3 is 30.1 Å². The number of benzene rings is 8. The summed E-state index contributed by atoms with van der Waals surface area (Å²) in [5.74, 6) is -1.58. The fourth-order valence-corrected chi connectivity index (χ4v) is 9.47. The van der Waals surface area contributed by atoms with Crippen LogP contribution in [0.3, 0.4) is 0 Å². The third kappa shape index (κ3) is 13.2. The first-order valence-electron chi connectivity index (χ1n) is 22.0. The molecule has 0 radical (unpaired) electrons. The molecule has 0 unspecified atom stereocenters. The van der Waals surface area contributed by atoms with Crippen LogP contribution in [0, 0.1) is 0 Å². The Balaban J connectivity index is 0.000000241. The number of hydrogen-bond acceptors (Lipinski definition) is 15. The number of halogens is 2. The van der Waals surface area contributed by atoms with Gasteiger partial charge in [0.05, 0.1) is 31.2 Å². The van der Waals surface area contributed by atoms with Gasteiger partial charge >= 0.3 is 37.7 Å². The molecule has 0 fully saturated rings. The van der Waals surface area contributed by atoms with E-state index in [9.17, 15) is 46.1 Å². The first kappa shape index (κ1) is 57.6. The Labute approximate surface area is 470 Å². The summed E-state index contributed by atoms with van der Waals surface area (Å²) >= 11 is 12.5. The molecule has 0 aliphatic rings. The van der Waals surface area contributed by atoms with E-state index in [-0.39, 0.29) is 88.1 Å². The Morgan fingerprint density at radius 1 is 0.613 bits per heavy atom. The number of nitrogens with zero attached hydrogens (tertiary/aromatic N) is 5. The van der Waals surface area contributed by atoms with Crippen molar-refractivity contribution in [2.45, 2.75) is 36.5 Å². The Hall–Kier alpha value is -6.72. The van der Waals surface area contributed by atoms with Crippen molar-refractivity contribution < 1.29 is 55.5 Å². The van der Waals surface area contributed by atoms with Crippen LogP contribution < -0.4 is 25.0 Å². The van der Waals surface area contributed by atoms with Crippen molar-refractivity contribution >= 4 is 149 Å². The number of ether oxygens (including phenoxy) is 2. The molecular weight excluding hydrogens is 1080 g/mol. The van der Waals surface area contributed by atoms with Gasteiger partial charge in [0.15, 0.2) is 5.75 Å². The van der Waals surface area contributed by atoms with Crippen LogP contribution in [0.2, 0.25) is 10.0 Å². The Morgan fingerprint density at radius 2 is 1.08 bits per heavy atom. The summed E-state index contributed by atoms with van der Waals surface area (Å²) in [7, 11) is -6.34. The maximum atomic E-state index is 13.4. The van der Waals surface area contributed by atoms with E-state index in [4.69, 9.17) is 32.7 Å². The number of carbonyl (C=O) groups is 1. The molecule has 380 valence electrons. The average Bonchev–Trinajstić information content (AvgIpc) is 3.37. The molecule has 0 atom stereocenters. The monoisotopic (exact) mass is 1120 g/mol. The van der Waals surface area contributed by atoms with Crippen LogP contribution in [0.4, 0.5) is 34.1 Å². The molecule has 23 heteroatoms. The number of anilines is 1. The Bertz CT molecular complexity index is 3830. The molecule has 0 aromatic heterocycles. The maximum absolute atomic E-state index is 13.4. The molecule has 75 heavy (non-hydrogen) atoms. The van der Waals surface area contributed by atoms with Gasteiger partial charge in [-0.1, -0.05) is 103 Å². The molecule has 8 aromatic rings. The van der Waals surface area contributed by atoms with Crippen molar-refractivity contribution in [1.29, 1.82) is 0 Å². The van der Waals surface area contributed by atoms with Crippen LogP contribution in [-0.2, 0) is 33.1 Å². The second kappa shape index (κ2) is 24.7. The second-order valence-electron chi connectivity index (χ2n) is 15.8. The number of methoxy groups -OCH3 is 2. The smallest absolute Gasteiger partial charge is 0.871 e. The van der Waals surface area contributed by atoms with E-state index in [1.807, 2.05) is 0 Å². The van der Waals surface area contributed by atoms with E-state index >= 15 is 0 Å². The number of carbonyl (C=O) groups excluding carboxylic acids is 1. The van der Waals surface area contributed by atoms with Crippen molar-refractivity contribution in [3.63, 3.8) is 0 Å². The van der Waals surface area contributed by atoms with E-state index in [1.54, 1.807) is 111 Å². The summed E-state index contributed by atoms with van der Waals surface area (Å²) in [5.41, 5.74) is 0.482. The molecule has 4 N–H and O–H groups in total.